The normalized spacial score (nSPS) is 21.8. The van der Waals surface area contributed by atoms with Gasteiger partial charge in [0.25, 0.3) is 17.7 Å². The zero-order valence-electron chi connectivity index (χ0n) is 19.1. The van der Waals surface area contributed by atoms with E-state index in [1.807, 2.05) is 4.90 Å². The highest BCUT2D eigenvalue weighted by Gasteiger charge is 2.47. The molecule has 11 heteroatoms. The summed E-state index contributed by atoms with van der Waals surface area (Å²) in [6, 6.07) is 3.21. The number of fused-ring (bicyclic) bond motifs is 1. The van der Waals surface area contributed by atoms with Gasteiger partial charge in [-0.15, -0.1) is 0 Å². The summed E-state index contributed by atoms with van der Waals surface area (Å²) < 4.78 is 0. The zero-order chi connectivity index (χ0) is 25.0. The highest BCUT2D eigenvalue weighted by molar-refractivity contribution is 6.25. The second kappa shape index (κ2) is 10.7. The molecule has 0 radical (unpaired) electrons. The van der Waals surface area contributed by atoms with Gasteiger partial charge in [0.1, 0.15) is 12.1 Å². The van der Waals surface area contributed by atoms with Gasteiger partial charge in [-0.2, -0.15) is 0 Å². The molecule has 3 heterocycles. The predicted octanol–water partition coefficient (Wildman–Crippen LogP) is 0.320. The fourth-order valence-corrected chi connectivity index (χ4v) is 4.47. The second-order valence-corrected chi connectivity index (χ2v) is 8.52. The highest BCUT2D eigenvalue weighted by atomic mass is 16.4. The van der Waals surface area contributed by atoms with Crippen LogP contribution in [-0.4, -0.2) is 92.8 Å². The molecule has 0 spiro atoms. The number of likely N-dealkylation sites (tertiary alicyclic amines) is 2. The molecule has 4 amide bonds. The lowest BCUT2D eigenvalue weighted by atomic mass is 10.0. The van der Waals surface area contributed by atoms with Crippen molar-refractivity contribution in [2.75, 3.05) is 32.0 Å². The zero-order valence-corrected chi connectivity index (χ0v) is 19.1. The second-order valence-electron chi connectivity index (χ2n) is 8.52. The maximum atomic E-state index is 12.5. The summed E-state index contributed by atoms with van der Waals surface area (Å²) in [6.07, 6.45) is 3.66. The summed E-state index contributed by atoms with van der Waals surface area (Å²) in [4.78, 5) is 63.6. The first-order valence-corrected chi connectivity index (χ1v) is 11.4. The number of nitrogen functional groups attached to an aromatic ring is 1. The van der Waals surface area contributed by atoms with Crippen LogP contribution in [-0.2, 0) is 14.4 Å². The molecule has 0 bridgehead atoms. The fourth-order valence-electron chi connectivity index (χ4n) is 4.47. The number of nitrogens with zero attached hydrogens (tertiary/aromatic N) is 3. The monoisotopic (exact) mass is 474 g/mol. The third-order valence-electron chi connectivity index (χ3n) is 6.39. The predicted molar refractivity (Wildman–Crippen MR) is 121 cm³/mol. The highest BCUT2D eigenvalue weighted by Crippen LogP contribution is 2.31. The number of nitrogens with two attached hydrogens (primary N) is 1. The first-order chi connectivity index (χ1) is 16.2. The number of β-amino-alcohol motifs (C(OH)–C–C–N with tert-alkyl or cyclic N) is 1. The molecule has 2 atom stereocenters. The number of hydrogen-bond donors (Lipinski definition) is 3. The number of benzene rings is 1. The van der Waals surface area contributed by atoms with Gasteiger partial charge in [0.05, 0.1) is 24.3 Å². The molecule has 0 saturated carbocycles. The van der Waals surface area contributed by atoms with Crippen molar-refractivity contribution in [3.8, 4) is 0 Å². The Morgan fingerprint density at radius 1 is 1.12 bits per heavy atom. The lowest BCUT2D eigenvalue weighted by molar-refractivity contribution is -0.152. The van der Waals surface area contributed by atoms with Crippen LogP contribution in [0.1, 0.15) is 59.7 Å². The van der Waals surface area contributed by atoms with E-state index in [-0.39, 0.29) is 48.8 Å². The SMILES string of the molecule is C[C@@H](C(=O)O)N1CCCCC1.Nc1cccc2c1C(=O)N(C1CCC(=O)N(CCO)C1=O)C2=O. The lowest BCUT2D eigenvalue weighted by Gasteiger charge is -2.34. The minimum absolute atomic E-state index is 0.0271. The Morgan fingerprint density at radius 2 is 1.79 bits per heavy atom. The lowest BCUT2D eigenvalue weighted by Crippen LogP contribution is -2.56. The Morgan fingerprint density at radius 3 is 2.38 bits per heavy atom. The molecule has 4 N–H and O–H groups in total. The molecule has 184 valence electrons. The van der Waals surface area contributed by atoms with E-state index in [0.717, 1.165) is 35.7 Å². The van der Waals surface area contributed by atoms with Gasteiger partial charge in [-0.25, -0.2) is 0 Å². The Bertz CT molecular complexity index is 990. The van der Waals surface area contributed by atoms with E-state index in [9.17, 15) is 24.0 Å². The Hall–Kier alpha value is -3.31. The third-order valence-corrected chi connectivity index (χ3v) is 6.39. The number of rotatable bonds is 5. The molecule has 34 heavy (non-hydrogen) atoms. The van der Waals surface area contributed by atoms with Crippen LogP contribution < -0.4 is 5.73 Å². The molecule has 3 aliphatic heterocycles. The van der Waals surface area contributed by atoms with Crippen molar-refractivity contribution in [2.24, 2.45) is 0 Å². The van der Waals surface area contributed by atoms with Crippen molar-refractivity contribution in [2.45, 2.75) is 51.1 Å². The van der Waals surface area contributed by atoms with Gasteiger partial charge in [0.15, 0.2) is 0 Å². The van der Waals surface area contributed by atoms with Crippen molar-refractivity contribution in [3.05, 3.63) is 29.3 Å². The quantitative estimate of drug-likeness (QED) is 0.403. The van der Waals surface area contributed by atoms with Crippen LogP contribution in [0, 0.1) is 0 Å². The molecular weight excluding hydrogens is 444 g/mol. The van der Waals surface area contributed by atoms with Gasteiger partial charge < -0.3 is 15.9 Å². The Kier molecular flexibility index (Phi) is 8.00. The number of imide groups is 2. The summed E-state index contributed by atoms with van der Waals surface area (Å²) in [5, 5.41) is 17.7. The Balaban J connectivity index is 0.000000248. The van der Waals surface area contributed by atoms with E-state index in [1.165, 1.54) is 18.6 Å². The molecule has 1 aromatic rings. The van der Waals surface area contributed by atoms with Gasteiger partial charge in [0, 0.05) is 12.1 Å². The van der Waals surface area contributed by atoms with E-state index in [4.69, 9.17) is 15.9 Å². The average molecular weight is 475 g/mol. The number of carbonyl (C=O) groups excluding carboxylic acids is 4. The summed E-state index contributed by atoms with van der Waals surface area (Å²) in [5.74, 6) is -2.99. The summed E-state index contributed by atoms with van der Waals surface area (Å²) in [7, 11) is 0. The molecule has 0 aromatic heterocycles. The van der Waals surface area contributed by atoms with Crippen LogP contribution >= 0.6 is 0 Å². The van der Waals surface area contributed by atoms with Gasteiger partial charge >= 0.3 is 5.97 Å². The van der Waals surface area contributed by atoms with E-state index in [0.29, 0.717) is 0 Å². The van der Waals surface area contributed by atoms with Gasteiger partial charge in [-0.05, 0) is 51.4 Å². The fraction of sp³-hybridized carbons (Fsp3) is 0.522. The van der Waals surface area contributed by atoms with E-state index >= 15 is 0 Å². The van der Waals surface area contributed by atoms with Gasteiger partial charge in [0.2, 0.25) is 5.91 Å². The van der Waals surface area contributed by atoms with E-state index < -0.39 is 35.6 Å². The molecule has 4 rings (SSSR count). The molecule has 2 saturated heterocycles. The minimum Gasteiger partial charge on any atom is -0.480 e. The summed E-state index contributed by atoms with van der Waals surface area (Å²) in [5.41, 5.74) is 6.20. The van der Waals surface area contributed by atoms with Crippen molar-refractivity contribution >= 4 is 35.3 Å². The number of amides is 4. The van der Waals surface area contributed by atoms with Crippen LogP contribution in [0.4, 0.5) is 5.69 Å². The molecule has 0 aliphatic carbocycles. The largest absolute Gasteiger partial charge is 0.480 e. The third kappa shape index (κ3) is 4.95. The number of piperidine rings is 2. The number of anilines is 1. The summed E-state index contributed by atoms with van der Waals surface area (Å²) in [6.45, 7) is 3.13. The standard InChI is InChI=1S/C15H15N3O5.C8H15NO2/c16-9-3-1-2-8-12(9)15(23)18(13(8)21)10-4-5-11(20)17(6-7-19)14(10)22;1-7(8(10)11)9-5-3-2-4-6-9/h1-3,10,19H,4-7,16H2;7H,2-6H2,1H3,(H,10,11)/t;7-/m.0/s1. The van der Waals surface area contributed by atoms with Crippen molar-refractivity contribution in [1.29, 1.82) is 0 Å². The number of hydrogen-bond acceptors (Lipinski definition) is 8. The van der Waals surface area contributed by atoms with Crippen LogP contribution in [0.2, 0.25) is 0 Å². The van der Waals surface area contributed by atoms with Crippen LogP contribution in [0.3, 0.4) is 0 Å². The maximum absolute atomic E-state index is 12.5. The van der Waals surface area contributed by atoms with Crippen molar-refractivity contribution in [3.63, 3.8) is 0 Å². The molecule has 2 fully saturated rings. The molecule has 3 aliphatic rings. The number of aliphatic carboxylic acids is 1. The minimum atomic E-state index is -1.05. The number of carbonyl (C=O) groups is 5. The first kappa shape index (κ1) is 25.3. The number of aliphatic hydroxyl groups is 1. The average Bonchev–Trinajstić information content (AvgIpc) is 3.08. The van der Waals surface area contributed by atoms with Crippen LogP contribution in [0.25, 0.3) is 0 Å². The number of aliphatic hydroxyl groups excluding tert-OH is 1. The molecule has 1 unspecified atom stereocenters. The van der Waals surface area contributed by atoms with E-state index in [2.05, 4.69) is 0 Å². The number of carboxylic acid groups (broad SMARTS) is 1. The van der Waals surface area contributed by atoms with Gasteiger partial charge in [-0.3, -0.25) is 38.7 Å². The van der Waals surface area contributed by atoms with Gasteiger partial charge in [-0.1, -0.05) is 12.5 Å². The Labute approximate surface area is 197 Å². The number of carboxylic acids is 1. The smallest absolute Gasteiger partial charge is 0.320 e. The molecule has 11 nitrogen and oxygen atoms in total. The molecular formula is C23H30N4O7. The van der Waals surface area contributed by atoms with Crippen molar-refractivity contribution in [1.82, 2.24) is 14.7 Å². The topological polar surface area (TPSA) is 162 Å². The van der Waals surface area contributed by atoms with Crippen LogP contribution in [0.5, 0.6) is 0 Å². The first-order valence-electron chi connectivity index (χ1n) is 11.4. The summed E-state index contributed by atoms with van der Waals surface area (Å²) >= 11 is 0. The molecule has 1 aromatic carbocycles. The van der Waals surface area contributed by atoms with Crippen LogP contribution in [0.15, 0.2) is 18.2 Å². The van der Waals surface area contributed by atoms with E-state index in [1.54, 1.807) is 13.0 Å². The maximum Gasteiger partial charge on any atom is 0.320 e. The van der Waals surface area contributed by atoms with Crippen molar-refractivity contribution < 1.29 is 34.2 Å².